The molecule has 0 saturated heterocycles. The molecule has 1 aliphatic rings. The van der Waals surface area contributed by atoms with E-state index in [0.29, 0.717) is 12.0 Å². The van der Waals surface area contributed by atoms with Gasteiger partial charge in [-0.1, -0.05) is 35.8 Å². The van der Waals surface area contributed by atoms with Gasteiger partial charge in [-0.2, -0.15) is 0 Å². The molecular formula is C16H23BrN2O. The predicted molar refractivity (Wildman–Crippen MR) is 85.6 cm³/mol. The summed E-state index contributed by atoms with van der Waals surface area (Å²) in [4.78, 5) is 12.0. The van der Waals surface area contributed by atoms with Crippen LogP contribution in [0.25, 0.3) is 0 Å². The summed E-state index contributed by atoms with van der Waals surface area (Å²) in [6.45, 7) is 4.30. The van der Waals surface area contributed by atoms with Crippen molar-refractivity contribution < 1.29 is 4.79 Å². The van der Waals surface area contributed by atoms with Gasteiger partial charge in [0, 0.05) is 17.6 Å². The molecule has 2 N–H and O–H groups in total. The van der Waals surface area contributed by atoms with Crippen LogP contribution < -0.4 is 10.6 Å². The summed E-state index contributed by atoms with van der Waals surface area (Å²) in [6, 6.07) is 6.61. The number of amides is 1. The maximum atomic E-state index is 12.0. The largest absolute Gasteiger partial charge is 0.358 e. The molecule has 0 spiro atoms. The average Bonchev–Trinajstić information content (AvgIpc) is 2.78. The molecule has 110 valence electrons. The molecule has 0 bridgehead atoms. The van der Waals surface area contributed by atoms with E-state index < -0.39 is 0 Å². The zero-order valence-electron chi connectivity index (χ0n) is 12.4. The third-order valence-electron chi connectivity index (χ3n) is 3.86. The molecule has 0 radical (unpaired) electrons. The van der Waals surface area contributed by atoms with Gasteiger partial charge in [-0.3, -0.25) is 10.1 Å². The Hall–Kier alpha value is -0.870. The van der Waals surface area contributed by atoms with Crippen molar-refractivity contribution in [2.75, 3.05) is 7.05 Å². The molecule has 0 aliphatic heterocycles. The number of likely N-dealkylation sites (N-methyl/N-ethyl adjacent to an activating group) is 1. The standard InChI is InChI=1S/C16H23BrN2O/c1-10(2)8-15(16(20)18-3)19-14-7-4-11-9-12(17)5-6-13(11)14/h5-6,9-10,14-15,19H,4,7-8H2,1-3H3,(H,18,20). The maximum absolute atomic E-state index is 12.0. The zero-order chi connectivity index (χ0) is 14.7. The van der Waals surface area contributed by atoms with Crippen LogP contribution in [-0.4, -0.2) is 19.0 Å². The van der Waals surface area contributed by atoms with Crippen LogP contribution in [0.2, 0.25) is 0 Å². The van der Waals surface area contributed by atoms with Crippen molar-refractivity contribution in [1.29, 1.82) is 0 Å². The van der Waals surface area contributed by atoms with Crippen molar-refractivity contribution in [1.82, 2.24) is 10.6 Å². The van der Waals surface area contributed by atoms with E-state index in [0.717, 1.165) is 23.7 Å². The highest BCUT2D eigenvalue weighted by atomic mass is 79.9. The molecule has 0 heterocycles. The van der Waals surface area contributed by atoms with Gasteiger partial charge in [-0.25, -0.2) is 0 Å². The lowest BCUT2D eigenvalue weighted by Crippen LogP contribution is -2.44. The third kappa shape index (κ3) is 3.61. The molecular weight excluding hydrogens is 316 g/mol. The molecule has 0 aromatic heterocycles. The Kier molecular flexibility index (Phi) is 5.22. The SMILES string of the molecule is CNC(=O)C(CC(C)C)NC1CCc2cc(Br)ccc21. The number of halogens is 1. The molecule has 0 saturated carbocycles. The highest BCUT2D eigenvalue weighted by Gasteiger charge is 2.27. The summed E-state index contributed by atoms with van der Waals surface area (Å²) in [7, 11) is 1.71. The summed E-state index contributed by atoms with van der Waals surface area (Å²) in [5.74, 6) is 0.583. The molecule has 0 fully saturated rings. The van der Waals surface area contributed by atoms with E-state index in [-0.39, 0.29) is 11.9 Å². The third-order valence-corrected chi connectivity index (χ3v) is 4.35. The first kappa shape index (κ1) is 15.5. The van der Waals surface area contributed by atoms with E-state index in [9.17, 15) is 4.79 Å². The number of carbonyl (C=O) groups excluding carboxylic acids is 1. The number of rotatable bonds is 5. The first-order valence-electron chi connectivity index (χ1n) is 7.27. The van der Waals surface area contributed by atoms with Crippen molar-refractivity contribution >= 4 is 21.8 Å². The molecule has 1 aromatic carbocycles. The van der Waals surface area contributed by atoms with Crippen molar-refractivity contribution in [2.45, 2.75) is 45.2 Å². The minimum atomic E-state index is -0.111. The lowest BCUT2D eigenvalue weighted by atomic mass is 10.0. The Morgan fingerprint density at radius 3 is 2.85 bits per heavy atom. The van der Waals surface area contributed by atoms with Gasteiger partial charge in [0.25, 0.3) is 0 Å². The summed E-state index contributed by atoms with van der Waals surface area (Å²) in [5.41, 5.74) is 2.72. The number of nitrogens with one attached hydrogen (secondary N) is 2. The van der Waals surface area contributed by atoms with Crippen LogP contribution in [-0.2, 0) is 11.2 Å². The first-order valence-corrected chi connectivity index (χ1v) is 8.06. The van der Waals surface area contributed by atoms with Crippen LogP contribution in [0.1, 0.15) is 43.9 Å². The van der Waals surface area contributed by atoms with E-state index >= 15 is 0 Å². The maximum Gasteiger partial charge on any atom is 0.236 e. The summed E-state index contributed by atoms with van der Waals surface area (Å²) < 4.78 is 1.13. The Morgan fingerprint density at radius 1 is 1.45 bits per heavy atom. The fraction of sp³-hybridized carbons (Fsp3) is 0.562. The lowest BCUT2D eigenvalue weighted by molar-refractivity contribution is -0.123. The number of benzene rings is 1. The molecule has 1 aromatic rings. The van der Waals surface area contributed by atoms with Gasteiger partial charge in [0.15, 0.2) is 0 Å². The summed E-state index contributed by atoms with van der Waals surface area (Å²) in [6.07, 6.45) is 3.01. The minimum Gasteiger partial charge on any atom is -0.358 e. The van der Waals surface area contributed by atoms with Gasteiger partial charge in [-0.05, 0) is 48.4 Å². The van der Waals surface area contributed by atoms with Crippen LogP contribution in [0.15, 0.2) is 22.7 Å². The van der Waals surface area contributed by atoms with Crippen LogP contribution in [0, 0.1) is 5.92 Å². The Balaban J connectivity index is 2.11. The highest BCUT2D eigenvalue weighted by molar-refractivity contribution is 9.10. The number of hydrogen-bond acceptors (Lipinski definition) is 2. The molecule has 1 aliphatic carbocycles. The van der Waals surface area contributed by atoms with Gasteiger partial charge in [-0.15, -0.1) is 0 Å². The van der Waals surface area contributed by atoms with Gasteiger partial charge in [0.05, 0.1) is 6.04 Å². The summed E-state index contributed by atoms with van der Waals surface area (Å²) in [5, 5.41) is 6.31. The van der Waals surface area contributed by atoms with Crippen LogP contribution in [0.5, 0.6) is 0 Å². The fourth-order valence-corrected chi connectivity index (χ4v) is 3.31. The number of carbonyl (C=O) groups is 1. The van der Waals surface area contributed by atoms with Crippen molar-refractivity contribution in [2.24, 2.45) is 5.92 Å². The van der Waals surface area contributed by atoms with E-state index in [1.165, 1.54) is 11.1 Å². The lowest BCUT2D eigenvalue weighted by Gasteiger charge is -2.24. The quantitative estimate of drug-likeness (QED) is 0.865. The van der Waals surface area contributed by atoms with Gasteiger partial charge in [0.1, 0.15) is 0 Å². The van der Waals surface area contributed by atoms with Crippen LogP contribution in [0.3, 0.4) is 0 Å². The van der Waals surface area contributed by atoms with E-state index in [2.05, 4.69) is 58.6 Å². The van der Waals surface area contributed by atoms with Gasteiger partial charge >= 0.3 is 0 Å². The predicted octanol–water partition coefficient (Wildman–Crippen LogP) is 3.19. The second kappa shape index (κ2) is 6.72. The molecule has 2 rings (SSSR count). The Morgan fingerprint density at radius 2 is 2.20 bits per heavy atom. The van der Waals surface area contributed by atoms with E-state index in [4.69, 9.17) is 0 Å². The molecule has 2 atom stereocenters. The minimum absolute atomic E-state index is 0.0873. The van der Waals surface area contributed by atoms with E-state index in [1.807, 2.05) is 0 Å². The second-order valence-electron chi connectivity index (χ2n) is 5.90. The monoisotopic (exact) mass is 338 g/mol. The summed E-state index contributed by atoms with van der Waals surface area (Å²) >= 11 is 3.52. The average molecular weight is 339 g/mol. The molecule has 2 unspecified atom stereocenters. The molecule has 20 heavy (non-hydrogen) atoms. The Labute approximate surface area is 129 Å². The van der Waals surface area contributed by atoms with E-state index in [1.54, 1.807) is 7.05 Å². The van der Waals surface area contributed by atoms with Crippen molar-refractivity contribution in [3.05, 3.63) is 33.8 Å². The van der Waals surface area contributed by atoms with Crippen LogP contribution >= 0.6 is 15.9 Å². The van der Waals surface area contributed by atoms with Crippen molar-refractivity contribution in [3.63, 3.8) is 0 Å². The molecule has 3 nitrogen and oxygen atoms in total. The smallest absolute Gasteiger partial charge is 0.236 e. The van der Waals surface area contributed by atoms with Gasteiger partial charge < -0.3 is 5.32 Å². The van der Waals surface area contributed by atoms with Crippen LogP contribution in [0.4, 0.5) is 0 Å². The number of aryl methyl sites for hydroxylation is 1. The zero-order valence-corrected chi connectivity index (χ0v) is 14.0. The molecule has 4 heteroatoms. The molecule has 1 amide bonds. The Bertz CT molecular complexity index is 487. The number of fused-ring (bicyclic) bond motifs is 1. The normalized spacial score (nSPS) is 18.9. The van der Waals surface area contributed by atoms with Crippen molar-refractivity contribution in [3.8, 4) is 0 Å². The fourth-order valence-electron chi connectivity index (χ4n) is 2.90. The highest BCUT2D eigenvalue weighted by Crippen LogP contribution is 2.33. The second-order valence-corrected chi connectivity index (χ2v) is 6.81. The number of hydrogen-bond donors (Lipinski definition) is 2. The van der Waals surface area contributed by atoms with Gasteiger partial charge in [0.2, 0.25) is 5.91 Å². The topological polar surface area (TPSA) is 41.1 Å². The first-order chi connectivity index (χ1) is 9.51.